The average Bonchev–Trinajstić information content (AvgIpc) is 2.83. The lowest BCUT2D eigenvalue weighted by molar-refractivity contribution is -0.137. The molecule has 2 saturated heterocycles. The quantitative estimate of drug-likeness (QED) is 0.501. The normalized spacial score (nSPS) is 20.0. The molecule has 0 radical (unpaired) electrons. The number of nitrogens with one attached hydrogen (secondary N) is 2. The largest absolute Gasteiger partial charge is 0.418 e. The summed E-state index contributed by atoms with van der Waals surface area (Å²) in [5, 5.41) is 7.13. The summed E-state index contributed by atoms with van der Waals surface area (Å²) in [6.45, 7) is 4.81. The molecule has 0 saturated carbocycles. The summed E-state index contributed by atoms with van der Waals surface area (Å²) in [5.74, 6) is 0.118. The van der Waals surface area contributed by atoms with Crippen molar-refractivity contribution in [2.45, 2.75) is 44.4 Å². The highest BCUT2D eigenvalue weighted by molar-refractivity contribution is 6.35. The van der Waals surface area contributed by atoms with Crippen molar-refractivity contribution in [3.63, 3.8) is 0 Å². The van der Waals surface area contributed by atoms with E-state index in [4.69, 9.17) is 23.2 Å². The van der Waals surface area contributed by atoms with Crippen LogP contribution in [0.2, 0.25) is 10.0 Å². The van der Waals surface area contributed by atoms with Crippen molar-refractivity contribution in [1.29, 1.82) is 0 Å². The van der Waals surface area contributed by atoms with Crippen molar-refractivity contribution in [3.05, 3.63) is 57.6 Å². The zero-order chi connectivity index (χ0) is 25.2. The third-order valence-corrected chi connectivity index (χ3v) is 7.24. The molecule has 2 aromatic rings. The number of anilines is 2. The highest BCUT2D eigenvalue weighted by Crippen LogP contribution is 2.39. The van der Waals surface area contributed by atoms with Gasteiger partial charge in [0.15, 0.2) is 0 Å². The molecule has 2 aliphatic rings. The van der Waals surface area contributed by atoms with Gasteiger partial charge in [0.05, 0.1) is 17.6 Å². The zero-order valence-corrected chi connectivity index (χ0v) is 21.0. The predicted octanol–water partition coefficient (Wildman–Crippen LogP) is 5.98. The summed E-state index contributed by atoms with van der Waals surface area (Å²) in [6, 6.07) is 8.46. The molecule has 0 unspecified atom stereocenters. The zero-order valence-electron chi connectivity index (χ0n) is 19.5. The molecule has 0 bridgehead atoms. The number of carbonyl (C=O) groups excluding carboxylic acids is 1. The Morgan fingerprint density at radius 3 is 2.46 bits per heavy atom. The van der Waals surface area contributed by atoms with Gasteiger partial charge < -0.3 is 20.4 Å². The molecule has 10 heteroatoms. The van der Waals surface area contributed by atoms with E-state index in [1.807, 2.05) is 9.80 Å². The van der Waals surface area contributed by atoms with Crippen molar-refractivity contribution in [2.24, 2.45) is 0 Å². The number of hydrogen-bond acceptors (Lipinski definition) is 4. The number of nitrogens with zero attached hydrogens (tertiary/aromatic N) is 2. The van der Waals surface area contributed by atoms with E-state index in [9.17, 15) is 18.0 Å². The summed E-state index contributed by atoms with van der Waals surface area (Å²) < 4.78 is 41.3. The monoisotopic (exact) mass is 528 g/mol. The van der Waals surface area contributed by atoms with Crippen LogP contribution in [0.15, 0.2) is 36.4 Å². The molecule has 0 spiro atoms. The Labute approximate surface area is 213 Å². The number of piperidine rings is 1. The van der Waals surface area contributed by atoms with Crippen molar-refractivity contribution >= 4 is 40.5 Å². The van der Waals surface area contributed by atoms with E-state index in [2.05, 4.69) is 10.6 Å². The minimum atomic E-state index is -4.51. The summed E-state index contributed by atoms with van der Waals surface area (Å²) >= 11 is 12.2. The highest BCUT2D eigenvalue weighted by Gasteiger charge is 2.35. The maximum absolute atomic E-state index is 13.8. The fraction of sp³-hybridized carbons (Fsp3) is 0.480. The SMILES string of the molecule is C[C@H](Nc1cc(N2CCN(C(=O)[C@H]3CCCCN3)CC2)ccc1C(F)(F)F)c1ccc(Cl)cc1Cl. The maximum atomic E-state index is 13.8. The van der Waals surface area contributed by atoms with Crippen molar-refractivity contribution in [1.82, 2.24) is 10.2 Å². The van der Waals surface area contributed by atoms with Crippen LogP contribution >= 0.6 is 23.2 Å². The summed E-state index contributed by atoms with van der Waals surface area (Å²) in [6.07, 6.45) is -1.53. The lowest BCUT2D eigenvalue weighted by atomic mass is 10.0. The van der Waals surface area contributed by atoms with Crippen molar-refractivity contribution in [3.8, 4) is 0 Å². The molecule has 2 heterocycles. The number of benzene rings is 2. The van der Waals surface area contributed by atoms with Gasteiger partial charge in [-0.2, -0.15) is 13.2 Å². The predicted molar refractivity (Wildman–Crippen MR) is 134 cm³/mol. The molecular weight excluding hydrogens is 500 g/mol. The molecular formula is C25H29Cl2F3N4O. The van der Waals surface area contributed by atoms with Crippen LogP contribution in [0, 0.1) is 0 Å². The highest BCUT2D eigenvalue weighted by atomic mass is 35.5. The molecule has 2 aliphatic heterocycles. The Kier molecular flexibility index (Phi) is 8.03. The number of hydrogen-bond donors (Lipinski definition) is 2. The van der Waals surface area contributed by atoms with Crippen LogP contribution < -0.4 is 15.5 Å². The first-order valence-corrected chi connectivity index (χ1v) is 12.6. The van der Waals surface area contributed by atoms with E-state index < -0.39 is 17.8 Å². The van der Waals surface area contributed by atoms with E-state index in [0.717, 1.165) is 31.9 Å². The Morgan fingerprint density at radius 1 is 1.09 bits per heavy atom. The molecule has 0 aromatic heterocycles. The first kappa shape index (κ1) is 25.9. The number of halogens is 5. The van der Waals surface area contributed by atoms with Gasteiger partial charge in [-0.3, -0.25) is 4.79 Å². The van der Waals surface area contributed by atoms with Crippen LogP contribution in [0.5, 0.6) is 0 Å². The minimum absolute atomic E-state index is 0.0153. The third kappa shape index (κ3) is 6.16. The van der Waals surface area contributed by atoms with Gasteiger partial charge in [-0.1, -0.05) is 35.7 Å². The number of rotatable bonds is 5. The van der Waals surface area contributed by atoms with Gasteiger partial charge >= 0.3 is 6.18 Å². The number of amides is 1. The van der Waals surface area contributed by atoms with Crippen LogP contribution in [-0.4, -0.2) is 49.6 Å². The molecule has 4 rings (SSSR count). The third-order valence-electron chi connectivity index (χ3n) is 6.67. The van der Waals surface area contributed by atoms with E-state index in [1.165, 1.54) is 12.1 Å². The summed E-state index contributed by atoms with van der Waals surface area (Å²) in [4.78, 5) is 16.7. The van der Waals surface area contributed by atoms with Gasteiger partial charge in [0, 0.05) is 47.6 Å². The van der Waals surface area contributed by atoms with E-state index in [0.29, 0.717) is 47.5 Å². The lowest BCUT2D eigenvalue weighted by Gasteiger charge is -2.38. The molecule has 1 amide bonds. The summed E-state index contributed by atoms with van der Waals surface area (Å²) in [7, 11) is 0. The first-order chi connectivity index (χ1) is 16.6. The van der Waals surface area contributed by atoms with Gasteiger partial charge in [-0.15, -0.1) is 0 Å². The molecule has 2 atom stereocenters. The molecule has 5 nitrogen and oxygen atoms in total. The van der Waals surface area contributed by atoms with Crippen LogP contribution in [0.25, 0.3) is 0 Å². The Hall–Kier alpha value is -2.16. The van der Waals surface area contributed by atoms with Crippen LogP contribution in [0.4, 0.5) is 24.5 Å². The van der Waals surface area contributed by atoms with E-state index in [-0.39, 0.29) is 17.6 Å². The van der Waals surface area contributed by atoms with E-state index >= 15 is 0 Å². The van der Waals surface area contributed by atoms with Gasteiger partial charge in [0.1, 0.15) is 0 Å². The maximum Gasteiger partial charge on any atom is 0.418 e. The van der Waals surface area contributed by atoms with Crippen LogP contribution in [-0.2, 0) is 11.0 Å². The summed E-state index contributed by atoms with van der Waals surface area (Å²) in [5.41, 5.74) is 0.574. The second-order valence-electron chi connectivity index (χ2n) is 9.07. The first-order valence-electron chi connectivity index (χ1n) is 11.8. The van der Waals surface area contributed by atoms with Crippen LogP contribution in [0.1, 0.15) is 43.4 Å². The molecule has 190 valence electrons. The standard InChI is InChI=1S/C25H29Cl2F3N4O/c1-16(19-7-5-17(26)14-21(19)27)32-23-15-18(6-8-20(23)25(28,29)30)33-10-12-34(13-11-33)24(35)22-4-2-3-9-31-22/h5-8,14-16,22,31-32H,2-4,9-13H2,1H3/t16-,22+/m0/s1. The van der Waals surface area contributed by atoms with Gasteiger partial charge in [-0.25, -0.2) is 0 Å². The average molecular weight is 529 g/mol. The van der Waals surface area contributed by atoms with Crippen molar-refractivity contribution < 1.29 is 18.0 Å². The second-order valence-corrected chi connectivity index (χ2v) is 9.92. The molecule has 2 aromatic carbocycles. The Bertz CT molecular complexity index is 1050. The van der Waals surface area contributed by atoms with Crippen LogP contribution in [0.3, 0.4) is 0 Å². The number of piperazine rings is 1. The fourth-order valence-corrected chi connectivity index (χ4v) is 5.30. The molecule has 0 aliphatic carbocycles. The van der Waals surface area contributed by atoms with Crippen molar-refractivity contribution in [2.75, 3.05) is 42.9 Å². The number of carbonyl (C=O) groups is 1. The van der Waals surface area contributed by atoms with Gasteiger partial charge in [0.25, 0.3) is 0 Å². The lowest BCUT2D eigenvalue weighted by Crippen LogP contribution is -2.55. The fourth-order valence-electron chi connectivity index (χ4n) is 4.73. The van der Waals surface area contributed by atoms with Gasteiger partial charge in [-0.05, 0) is 62.2 Å². The Morgan fingerprint density at radius 2 is 1.83 bits per heavy atom. The van der Waals surface area contributed by atoms with E-state index in [1.54, 1.807) is 25.1 Å². The molecule has 2 N–H and O–H groups in total. The molecule has 35 heavy (non-hydrogen) atoms. The topological polar surface area (TPSA) is 47.6 Å². The smallest absolute Gasteiger partial charge is 0.378 e. The molecule has 2 fully saturated rings. The number of alkyl halides is 3. The Balaban J connectivity index is 1.49. The second kappa shape index (κ2) is 10.8. The minimum Gasteiger partial charge on any atom is -0.378 e. The van der Waals surface area contributed by atoms with Gasteiger partial charge in [0.2, 0.25) is 5.91 Å².